The maximum atomic E-state index is 5.78. The third-order valence-corrected chi connectivity index (χ3v) is 3.13. The van der Waals surface area contributed by atoms with Crippen LogP contribution in [0.15, 0.2) is 6.07 Å². The van der Waals surface area contributed by atoms with E-state index in [4.69, 9.17) is 10.5 Å². The number of nitrogens with two attached hydrogens (primary N) is 1. The van der Waals surface area contributed by atoms with Crippen LogP contribution in [0.1, 0.15) is 56.9 Å². The number of unbranched alkanes of at least 4 members (excludes halogenated alkanes) is 1. The van der Waals surface area contributed by atoms with Gasteiger partial charge in [-0.1, -0.05) is 13.3 Å². The Morgan fingerprint density at radius 1 is 1.62 bits per heavy atom. The van der Waals surface area contributed by atoms with Crippen LogP contribution in [0.3, 0.4) is 0 Å². The Hall–Kier alpha value is -1.03. The zero-order chi connectivity index (χ0) is 11.5. The van der Waals surface area contributed by atoms with Crippen molar-refractivity contribution in [1.29, 1.82) is 0 Å². The number of nitrogens with zero attached hydrogens (tertiary/aromatic N) is 2. The van der Waals surface area contributed by atoms with Gasteiger partial charge in [0.15, 0.2) is 0 Å². The zero-order valence-corrected chi connectivity index (χ0v) is 10.1. The third kappa shape index (κ3) is 2.38. The molecule has 1 unspecified atom stereocenters. The topological polar surface area (TPSA) is 53.1 Å². The molecule has 4 nitrogen and oxygen atoms in total. The van der Waals surface area contributed by atoms with Gasteiger partial charge in [-0.3, -0.25) is 0 Å². The summed E-state index contributed by atoms with van der Waals surface area (Å²) in [6.07, 6.45) is 5.91. The average molecular weight is 223 g/mol. The number of anilines is 1. The van der Waals surface area contributed by atoms with Gasteiger partial charge in [0.05, 0.1) is 0 Å². The Labute approximate surface area is 96.8 Å². The lowest BCUT2D eigenvalue weighted by Crippen LogP contribution is -2.15. The van der Waals surface area contributed by atoms with Crippen molar-refractivity contribution in [3.8, 4) is 0 Å². The van der Waals surface area contributed by atoms with E-state index in [1.165, 1.54) is 25.0 Å². The highest BCUT2D eigenvalue weighted by molar-refractivity contribution is 5.33. The number of nitrogen functional groups attached to an aromatic ring is 1. The van der Waals surface area contributed by atoms with Gasteiger partial charge in [0.1, 0.15) is 12.0 Å². The van der Waals surface area contributed by atoms with Gasteiger partial charge < -0.3 is 10.5 Å². The van der Waals surface area contributed by atoms with Gasteiger partial charge in [0, 0.05) is 24.8 Å². The van der Waals surface area contributed by atoms with Gasteiger partial charge in [0.2, 0.25) is 0 Å². The molecular formula is C12H21N3O. The first-order valence-corrected chi connectivity index (χ1v) is 6.14. The van der Waals surface area contributed by atoms with Crippen molar-refractivity contribution < 1.29 is 4.74 Å². The monoisotopic (exact) mass is 223 g/mol. The molecule has 1 fully saturated rings. The Kier molecular flexibility index (Phi) is 3.49. The van der Waals surface area contributed by atoms with Crippen molar-refractivity contribution in [3.63, 3.8) is 0 Å². The van der Waals surface area contributed by atoms with E-state index in [-0.39, 0.29) is 6.23 Å². The zero-order valence-electron chi connectivity index (χ0n) is 10.1. The summed E-state index contributed by atoms with van der Waals surface area (Å²) in [5.74, 6) is 1.27. The predicted octanol–water partition coefficient (Wildman–Crippen LogP) is 2.68. The van der Waals surface area contributed by atoms with Crippen LogP contribution < -0.4 is 5.73 Å². The minimum Gasteiger partial charge on any atom is -0.382 e. The number of ether oxygens (including phenoxy) is 1. The summed E-state index contributed by atoms with van der Waals surface area (Å²) >= 11 is 0. The summed E-state index contributed by atoms with van der Waals surface area (Å²) in [7, 11) is 1.74. The fourth-order valence-corrected chi connectivity index (χ4v) is 2.06. The molecular weight excluding hydrogens is 202 g/mol. The molecule has 1 atom stereocenters. The molecule has 0 aromatic carbocycles. The molecule has 1 aliphatic rings. The number of rotatable bonds is 6. The maximum Gasteiger partial charge on any atom is 0.150 e. The van der Waals surface area contributed by atoms with Crippen LogP contribution in [-0.4, -0.2) is 16.9 Å². The van der Waals surface area contributed by atoms with E-state index in [1.807, 2.05) is 10.7 Å². The van der Waals surface area contributed by atoms with E-state index in [0.29, 0.717) is 11.7 Å². The Morgan fingerprint density at radius 3 is 2.94 bits per heavy atom. The quantitative estimate of drug-likeness (QED) is 0.806. The van der Waals surface area contributed by atoms with Gasteiger partial charge >= 0.3 is 0 Å². The van der Waals surface area contributed by atoms with Gasteiger partial charge in [-0.2, -0.15) is 5.10 Å². The Balaban J connectivity index is 2.15. The summed E-state index contributed by atoms with van der Waals surface area (Å²) < 4.78 is 7.50. The van der Waals surface area contributed by atoms with Crippen molar-refractivity contribution in [3.05, 3.63) is 11.8 Å². The van der Waals surface area contributed by atoms with E-state index in [1.54, 1.807) is 7.11 Å². The minimum absolute atomic E-state index is 0.0489. The summed E-state index contributed by atoms with van der Waals surface area (Å²) in [4.78, 5) is 0. The van der Waals surface area contributed by atoms with E-state index < -0.39 is 0 Å². The highest BCUT2D eigenvalue weighted by Gasteiger charge is 2.29. The summed E-state index contributed by atoms with van der Waals surface area (Å²) in [5.41, 5.74) is 7.03. The Bertz CT molecular complexity index is 344. The molecule has 4 heteroatoms. The molecule has 1 aliphatic carbocycles. The second-order valence-electron chi connectivity index (χ2n) is 4.55. The van der Waals surface area contributed by atoms with Crippen molar-refractivity contribution >= 4 is 5.82 Å². The van der Waals surface area contributed by atoms with E-state index >= 15 is 0 Å². The molecule has 90 valence electrons. The second-order valence-corrected chi connectivity index (χ2v) is 4.55. The largest absolute Gasteiger partial charge is 0.382 e. The maximum absolute atomic E-state index is 5.78. The normalized spacial score (nSPS) is 17.6. The molecule has 0 bridgehead atoms. The molecule has 0 saturated heterocycles. The molecule has 1 heterocycles. The minimum atomic E-state index is 0.0489. The van der Waals surface area contributed by atoms with Crippen LogP contribution in [0.25, 0.3) is 0 Å². The van der Waals surface area contributed by atoms with Crippen LogP contribution in [-0.2, 0) is 4.74 Å². The Morgan fingerprint density at radius 2 is 2.38 bits per heavy atom. The van der Waals surface area contributed by atoms with Crippen LogP contribution in [0.4, 0.5) is 5.82 Å². The van der Waals surface area contributed by atoms with Gasteiger partial charge in [0.25, 0.3) is 0 Å². The standard InChI is InChI=1S/C12H21N3O/c1-3-4-5-12(16-2)15-10(9-6-7-9)8-11(13)14-15/h8-9,12H,3-7H2,1-2H3,(H2,13,14). The van der Waals surface area contributed by atoms with Crippen LogP contribution in [0, 0.1) is 0 Å². The molecule has 2 N–H and O–H groups in total. The second kappa shape index (κ2) is 4.87. The number of hydrogen-bond donors (Lipinski definition) is 1. The first-order valence-electron chi connectivity index (χ1n) is 6.14. The van der Waals surface area contributed by atoms with Crippen LogP contribution >= 0.6 is 0 Å². The average Bonchev–Trinajstić information content (AvgIpc) is 3.04. The highest BCUT2D eigenvalue weighted by Crippen LogP contribution is 2.41. The number of methoxy groups -OCH3 is 1. The number of hydrogen-bond acceptors (Lipinski definition) is 3. The molecule has 0 amide bonds. The molecule has 1 saturated carbocycles. The molecule has 16 heavy (non-hydrogen) atoms. The SMILES string of the molecule is CCCCC(OC)n1nc(N)cc1C1CC1. The number of aromatic nitrogens is 2. The molecule has 0 radical (unpaired) electrons. The van der Waals surface area contributed by atoms with Gasteiger partial charge in [-0.15, -0.1) is 0 Å². The van der Waals surface area contributed by atoms with E-state index in [9.17, 15) is 0 Å². The molecule has 1 aromatic heterocycles. The third-order valence-electron chi connectivity index (χ3n) is 3.13. The lowest BCUT2D eigenvalue weighted by molar-refractivity contribution is 0.0231. The molecule has 0 aliphatic heterocycles. The lowest BCUT2D eigenvalue weighted by atomic mass is 10.2. The van der Waals surface area contributed by atoms with Gasteiger partial charge in [-0.05, 0) is 25.7 Å². The summed E-state index contributed by atoms with van der Waals surface area (Å²) in [6, 6.07) is 2.00. The van der Waals surface area contributed by atoms with Crippen molar-refractivity contribution in [2.24, 2.45) is 0 Å². The highest BCUT2D eigenvalue weighted by atomic mass is 16.5. The lowest BCUT2D eigenvalue weighted by Gasteiger charge is -2.18. The molecule has 0 spiro atoms. The van der Waals surface area contributed by atoms with Crippen molar-refractivity contribution in [2.45, 2.75) is 51.2 Å². The summed E-state index contributed by atoms with van der Waals surface area (Å²) in [5, 5.41) is 4.37. The molecule has 2 rings (SSSR count). The van der Waals surface area contributed by atoms with Crippen molar-refractivity contribution in [1.82, 2.24) is 9.78 Å². The smallest absolute Gasteiger partial charge is 0.150 e. The first kappa shape index (κ1) is 11.5. The van der Waals surface area contributed by atoms with E-state index in [0.717, 1.165) is 12.8 Å². The van der Waals surface area contributed by atoms with Gasteiger partial charge in [-0.25, -0.2) is 4.68 Å². The summed E-state index contributed by atoms with van der Waals surface area (Å²) in [6.45, 7) is 2.19. The van der Waals surface area contributed by atoms with E-state index in [2.05, 4.69) is 12.0 Å². The fraction of sp³-hybridized carbons (Fsp3) is 0.750. The van der Waals surface area contributed by atoms with Crippen LogP contribution in [0.5, 0.6) is 0 Å². The fourth-order valence-electron chi connectivity index (χ4n) is 2.06. The predicted molar refractivity (Wildman–Crippen MR) is 64.2 cm³/mol. The first-order chi connectivity index (χ1) is 7.76. The molecule has 1 aromatic rings. The van der Waals surface area contributed by atoms with Crippen molar-refractivity contribution in [2.75, 3.05) is 12.8 Å². The van der Waals surface area contributed by atoms with Crippen LogP contribution in [0.2, 0.25) is 0 Å².